The van der Waals surface area contributed by atoms with Crippen molar-refractivity contribution in [1.82, 2.24) is 4.98 Å². The van der Waals surface area contributed by atoms with Crippen molar-refractivity contribution in [3.8, 4) is 17.2 Å². The third-order valence-electron chi connectivity index (χ3n) is 3.12. The van der Waals surface area contributed by atoms with Crippen molar-refractivity contribution >= 4 is 5.78 Å². The van der Waals surface area contributed by atoms with E-state index in [1.165, 1.54) is 21.3 Å². The number of rotatable bonds is 5. The monoisotopic (exact) mass is 287 g/mol. The molecule has 21 heavy (non-hydrogen) atoms. The molecule has 0 atom stereocenters. The van der Waals surface area contributed by atoms with Crippen LogP contribution in [0, 0.1) is 6.92 Å². The molecule has 0 N–H and O–H groups in total. The fourth-order valence-corrected chi connectivity index (χ4v) is 1.96. The zero-order valence-corrected chi connectivity index (χ0v) is 12.5. The Balaban J connectivity index is 2.51. The number of carbonyl (C=O) groups is 1. The fraction of sp³-hybridized carbons (Fsp3) is 0.250. The minimum Gasteiger partial charge on any atom is -0.496 e. The molecule has 0 aliphatic rings. The summed E-state index contributed by atoms with van der Waals surface area (Å²) in [5.74, 6) is 1.23. The van der Waals surface area contributed by atoms with Gasteiger partial charge in [0, 0.05) is 23.5 Å². The minimum absolute atomic E-state index is 0.180. The van der Waals surface area contributed by atoms with Crippen LogP contribution in [0.1, 0.15) is 21.6 Å². The molecule has 0 aliphatic heterocycles. The SMILES string of the molecule is COc1cc(OC)c(C(=O)c2ccc(C)nc2)cc1OC. The van der Waals surface area contributed by atoms with E-state index < -0.39 is 0 Å². The third kappa shape index (κ3) is 2.97. The highest BCUT2D eigenvalue weighted by Gasteiger charge is 2.19. The number of nitrogens with zero attached hydrogens (tertiary/aromatic N) is 1. The number of methoxy groups -OCH3 is 3. The molecule has 5 heteroatoms. The third-order valence-corrected chi connectivity index (χ3v) is 3.12. The van der Waals surface area contributed by atoms with Crippen LogP contribution in [0.3, 0.4) is 0 Å². The first kappa shape index (κ1) is 14.8. The number of carbonyl (C=O) groups excluding carboxylic acids is 1. The maximum atomic E-state index is 12.6. The molecule has 5 nitrogen and oxygen atoms in total. The van der Waals surface area contributed by atoms with Crippen LogP contribution >= 0.6 is 0 Å². The molecule has 2 rings (SSSR count). The highest BCUT2D eigenvalue weighted by atomic mass is 16.5. The first-order valence-electron chi connectivity index (χ1n) is 6.38. The van der Waals surface area contributed by atoms with Gasteiger partial charge >= 0.3 is 0 Å². The van der Waals surface area contributed by atoms with Crippen LogP contribution in [0.4, 0.5) is 0 Å². The van der Waals surface area contributed by atoms with Gasteiger partial charge in [0.25, 0.3) is 0 Å². The second-order valence-electron chi connectivity index (χ2n) is 4.42. The lowest BCUT2D eigenvalue weighted by Gasteiger charge is -2.13. The Morgan fingerprint density at radius 2 is 1.57 bits per heavy atom. The average Bonchev–Trinajstić information content (AvgIpc) is 2.53. The van der Waals surface area contributed by atoms with Gasteiger partial charge in [0.15, 0.2) is 17.3 Å². The Bertz CT molecular complexity index is 650. The first-order chi connectivity index (χ1) is 10.1. The van der Waals surface area contributed by atoms with E-state index in [2.05, 4.69) is 4.98 Å². The fourth-order valence-electron chi connectivity index (χ4n) is 1.96. The molecule has 0 saturated carbocycles. The van der Waals surface area contributed by atoms with Crippen LogP contribution in [0.5, 0.6) is 17.2 Å². The number of pyridine rings is 1. The molecule has 0 amide bonds. The highest BCUT2D eigenvalue weighted by Crippen LogP contribution is 2.35. The quantitative estimate of drug-likeness (QED) is 0.791. The van der Waals surface area contributed by atoms with Crippen molar-refractivity contribution in [1.29, 1.82) is 0 Å². The maximum absolute atomic E-state index is 12.6. The number of ketones is 1. The number of benzene rings is 1. The Kier molecular flexibility index (Phi) is 4.42. The molecule has 0 bridgehead atoms. The van der Waals surface area contributed by atoms with Crippen LogP contribution in [0.25, 0.3) is 0 Å². The Morgan fingerprint density at radius 1 is 0.952 bits per heavy atom. The molecule has 2 aromatic rings. The lowest BCUT2D eigenvalue weighted by Crippen LogP contribution is -2.06. The van der Waals surface area contributed by atoms with Gasteiger partial charge in [0.1, 0.15) is 5.75 Å². The number of hydrogen-bond donors (Lipinski definition) is 0. The minimum atomic E-state index is -0.180. The van der Waals surface area contributed by atoms with Crippen LogP contribution in [0.2, 0.25) is 0 Å². The summed E-state index contributed by atoms with van der Waals surface area (Å²) in [6.45, 7) is 1.87. The Hall–Kier alpha value is -2.56. The predicted molar refractivity (Wildman–Crippen MR) is 78.5 cm³/mol. The molecular weight excluding hydrogens is 270 g/mol. The van der Waals surface area contributed by atoms with Gasteiger partial charge in [-0.3, -0.25) is 9.78 Å². The largest absolute Gasteiger partial charge is 0.496 e. The van der Waals surface area contributed by atoms with Crippen LogP contribution in [-0.2, 0) is 0 Å². The molecular formula is C16H17NO4. The standard InChI is InChI=1S/C16H17NO4/c1-10-5-6-11(9-17-10)16(18)12-7-14(20-3)15(21-4)8-13(12)19-2/h5-9H,1-4H3. The van der Waals surface area contributed by atoms with Crippen LogP contribution < -0.4 is 14.2 Å². The zero-order chi connectivity index (χ0) is 15.4. The van der Waals surface area contributed by atoms with Crippen LogP contribution in [-0.4, -0.2) is 32.1 Å². The molecule has 0 spiro atoms. The van der Waals surface area contributed by atoms with E-state index in [0.717, 1.165) is 5.69 Å². The van der Waals surface area contributed by atoms with Gasteiger partial charge in [-0.25, -0.2) is 0 Å². The molecule has 0 fully saturated rings. The molecule has 0 saturated heterocycles. The summed E-state index contributed by atoms with van der Waals surface area (Å²) in [4.78, 5) is 16.7. The first-order valence-corrected chi connectivity index (χ1v) is 6.38. The zero-order valence-electron chi connectivity index (χ0n) is 12.5. The van der Waals surface area contributed by atoms with Crippen molar-refractivity contribution in [2.45, 2.75) is 6.92 Å². The van der Waals surface area contributed by atoms with E-state index in [0.29, 0.717) is 28.4 Å². The predicted octanol–water partition coefficient (Wildman–Crippen LogP) is 2.65. The Labute approximate surface area is 123 Å². The van der Waals surface area contributed by atoms with E-state index >= 15 is 0 Å². The van der Waals surface area contributed by atoms with Crippen molar-refractivity contribution in [3.05, 3.63) is 47.3 Å². The second-order valence-corrected chi connectivity index (χ2v) is 4.42. The van der Waals surface area contributed by atoms with Gasteiger partial charge in [-0.1, -0.05) is 0 Å². The van der Waals surface area contributed by atoms with Gasteiger partial charge in [-0.15, -0.1) is 0 Å². The topological polar surface area (TPSA) is 57.7 Å². The van der Waals surface area contributed by atoms with Gasteiger partial charge in [0.05, 0.1) is 26.9 Å². The highest BCUT2D eigenvalue weighted by molar-refractivity contribution is 6.11. The molecule has 0 aliphatic carbocycles. The summed E-state index contributed by atoms with van der Waals surface area (Å²) in [7, 11) is 4.56. The molecule has 1 aromatic carbocycles. The van der Waals surface area contributed by atoms with E-state index in [-0.39, 0.29) is 5.78 Å². The second kappa shape index (κ2) is 6.26. The van der Waals surface area contributed by atoms with Crippen LogP contribution in [0.15, 0.2) is 30.5 Å². The number of aryl methyl sites for hydroxylation is 1. The van der Waals surface area contributed by atoms with E-state index in [9.17, 15) is 4.79 Å². The van der Waals surface area contributed by atoms with E-state index in [1.54, 1.807) is 30.5 Å². The summed E-state index contributed by atoms with van der Waals surface area (Å²) in [5.41, 5.74) is 1.75. The van der Waals surface area contributed by atoms with E-state index in [1.807, 2.05) is 6.92 Å². The normalized spacial score (nSPS) is 10.1. The summed E-state index contributed by atoms with van der Waals surface area (Å²) in [5, 5.41) is 0. The lowest BCUT2D eigenvalue weighted by atomic mass is 10.0. The maximum Gasteiger partial charge on any atom is 0.198 e. The van der Waals surface area contributed by atoms with Crippen molar-refractivity contribution < 1.29 is 19.0 Å². The van der Waals surface area contributed by atoms with Gasteiger partial charge in [-0.2, -0.15) is 0 Å². The molecule has 110 valence electrons. The van der Waals surface area contributed by atoms with E-state index in [4.69, 9.17) is 14.2 Å². The number of ether oxygens (including phenoxy) is 3. The smallest absolute Gasteiger partial charge is 0.198 e. The van der Waals surface area contributed by atoms with Gasteiger partial charge in [-0.05, 0) is 25.1 Å². The molecule has 0 radical (unpaired) electrons. The summed E-state index contributed by atoms with van der Waals surface area (Å²) >= 11 is 0. The summed E-state index contributed by atoms with van der Waals surface area (Å²) in [6.07, 6.45) is 1.55. The summed E-state index contributed by atoms with van der Waals surface area (Å²) < 4.78 is 15.7. The number of hydrogen-bond acceptors (Lipinski definition) is 5. The van der Waals surface area contributed by atoms with Crippen molar-refractivity contribution in [2.24, 2.45) is 0 Å². The van der Waals surface area contributed by atoms with Gasteiger partial charge < -0.3 is 14.2 Å². The molecule has 1 aromatic heterocycles. The lowest BCUT2D eigenvalue weighted by molar-refractivity contribution is 0.103. The number of aromatic nitrogens is 1. The summed E-state index contributed by atoms with van der Waals surface area (Å²) in [6, 6.07) is 6.77. The van der Waals surface area contributed by atoms with Crippen molar-refractivity contribution in [2.75, 3.05) is 21.3 Å². The van der Waals surface area contributed by atoms with Crippen molar-refractivity contribution in [3.63, 3.8) is 0 Å². The average molecular weight is 287 g/mol. The van der Waals surface area contributed by atoms with Gasteiger partial charge in [0.2, 0.25) is 0 Å². The Morgan fingerprint density at radius 3 is 2.10 bits per heavy atom. The molecule has 1 heterocycles. The molecule has 0 unspecified atom stereocenters.